The lowest BCUT2D eigenvalue weighted by Gasteiger charge is -2.47. The van der Waals surface area contributed by atoms with Crippen molar-refractivity contribution in [2.24, 2.45) is 5.92 Å². The summed E-state index contributed by atoms with van der Waals surface area (Å²) in [4.78, 5) is 6.73. The van der Waals surface area contributed by atoms with Crippen molar-refractivity contribution < 1.29 is 5.11 Å². The van der Waals surface area contributed by atoms with Crippen LogP contribution >= 0.6 is 23.2 Å². The first-order chi connectivity index (χ1) is 10.0. The number of pyridine rings is 1. The summed E-state index contributed by atoms with van der Waals surface area (Å²) in [6.45, 7) is 1.60. The Morgan fingerprint density at radius 1 is 1.33 bits per heavy atom. The number of nitrogens with zero attached hydrogens (tertiary/aromatic N) is 2. The molecule has 1 saturated carbocycles. The first-order valence-electron chi connectivity index (χ1n) is 7.54. The van der Waals surface area contributed by atoms with Gasteiger partial charge in [0.2, 0.25) is 0 Å². The molecule has 6 heteroatoms. The lowest BCUT2D eigenvalue weighted by atomic mass is 9.71. The van der Waals surface area contributed by atoms with Crippen molar-refractivity contribution in [1.82, 2.24) is 4.98 Å². The Morgan fingerprint density at radius 2 is 2.14 bits per heavy atom. The summed E-state index contributed by atoms with van der Waals surface area (Å²) in [6, 6.07) is 1.74. The van der Waals surface area contributed by atoms with Gasteiger partial charge < -0.3 is 15.3 Å². The number of halogens is 2. The molecule has 2 atom stereocenters. The van der Waals surface area contributed by atoms with Crippen LogP contribution in [0.25, 0.3) is 0 Å². The minimum Gasteiger partial charge on any atom is -0.389 e. The van der Waals surface area contributed by atoms with Crippen LogP contribution in [0.3, 0.4) is 0 Å². The largest absolute Gasteiger partial charge is 0.389 e. The fraction of sp³-hybridized carbons (Fsp3) is 0.667. The maximum absolute atomic E-state index is 10.8. The summed E-state index contributed by atoms with van der Waals surface area (Å²) in [5.41, 5.74) is -0.487. The SMILES string of the molecule is CNc1nc(N2CCC3(O)CCCCC3C2)c(Cl)cc1Cl. The van der Waals surface area contributed by atoms with E-state index in [1.165, 1.54) is 6.42 Å². The van der Waals surface area contributed by atoms with Gasteiger partial charge in [-0.15, -0.1) is 0 Å². The fourth-order valence-electron chi connectivity index (χ4n) is 3.62. The van der Waals surface area contributed by atoms with Crippen molar-refractivity contribution >= 4 is 34.8 Å². The van der Waals surface area contributed by atoms with Crippen molar-refractivity contribution in [1.29, 1.82) is 0 Å². The minimum atomic E-state index is -0.487. The van der Waals surface area contributed by atoms with Crippen LogP contribution in [0.15, 0.2) is 6.07 Å². The molecule has 0 aromatic carbocycles. The molecule has 1 aromatic rings. The molecular weight excluding hydrogens is 309 g/mol. The highest BCUT2D eigenvalue weighted by Gasteiger charge is 2.43. The maximum atomic E-state index is 10.8. The number of hydrogen-bond donors (Lipinski definition) is 2. The summed E-state index contributed by atoms with van der Waals surface area (Å²) in [6.07, 6.45) is 5.13. The van der Waals surface area contributed by atoms with Gasteiger partial charge in [-0.1, -0.05) is 36.0 Å². The molecule has 1 aromatic heterocycles. The topological polar surface area (TPSA) is 48.4 Å². The molecular formula is C15H21Cl2N3O. The van der Waals surface area contributed by atoms with Crippen LogP contribution in [0.5, 0.6) is 0 Å². The van der Waals surface area contributed by atoms with Crippen LogP contribution in [0, 0.1) is 5.92 Å². The number of aromatic nitrogens is 1. The summed E-state index contributed by atoms with van der Waals surface area (Å²) in [5, 5.41) is 14.8. The zero-order valence-electron chi connectivity index (χ0n) is 12.2. The second-order valence-corrected chi connectivity index (χ2v) is 6.93. The van der Waals surface area contributed by atoms with Gasteiger partial charge in [-0.05, 0) is 25.3 Å². The molecule has 1 saturated heterocycles. The van der Waals surface area contributed by atoms with E-state index in [4.69, 9.17) is 23.2 Å². The van der Waals surface area contributed by atoms with Gasteiger partial charge in [-0.25, -0.2) is 4.98 Å². The number of fused-ring (bicyclic) bond motifs is 1. The van der Waals surface area contributed by atoms with Crippen LogP contribution in [-0.4, -0.2) is 35.8 Å². The first kappa shape index (κ1) is 15.2. The molecule has 4 nitrogen and oxygen atoms in total. The van der Waals surface area contributed by atoms with Crippen molar-refractivity contribution in [3.8, 4) is 0 Å². The van der Waals surface area contributed by atoms with E-state index in [0.29, 0.717) is 21.8 Å². The van der Waals surface area contributed by atoms with Gasteiger partial charge in [0.25, 0.3) is 0 Å². The smallest absolute Gasteiger partial charge is 0.149 e. The van der Waals surface area contributed by atoms with Crippen LogP contribution in [0.2, 0.25) is 10.0 Å². The van der Waals surface area contributed by atoms with Crippen LogP contribution in [0.4, 0.5) is 11.6 Å². The van der Waals surface area contributed by atoms with Gasteiger partial charge in [-0.2, -0.15) is 0 Å². The molecule has 2 heterocycles. The van der Waals surface area contributed by atoms with E-state index in [0.717, 1.165) is 44.6 Å². The van der Waals surface area contributed by atoms with Crippen LogP contribution in [0.1, 0.15) is 32.1 Å². The highest BCUT2D eigenvalue weighted by molar-refractivity contribution is 6.37. The van der Waals surface area contributed by atoms with Gasteiger partial charge in [0.15, 0.2) is 0 Å². The summed E-state index contributed by atoms with van der Waals surface area (Å²) in [5.74, 6) is 1.71. The summed E-state index contributed by atoms with van der Waals surface area (Å²) >= 11 is 12.4. The van der Waals surface area contributed by atoms with Crippen LogP contribution in [-0.2, 0) is 0 Å². The predicted molar refractivity (Wildman–Crippen MR) is 87.5 cm³/mol. The number of anilines is 2. The normalized spacial score (nSPS) is 29.1. The third-order valence-corrected chi connectivity index (χ3v) is 5.44. The molecule has 0 bridgehead atoms. The molecule has 2 fully saturated rings. The van der Waals surface area contributed by atoms with Gasteiger partial charge in [0.1, 0.15) is 11.6 Å². The van der Waals surface area contributed by atoms with E-state index in [9.17, 15) is 5.11 Å². The van der Waals surface area contributed by atoms with Crippen molar-refractivity contribution in [2.75, 3.05) is 30.4 Å². The zero-order chi connectivity index (χ0) is 15.0. The highest BCUT2D eigenvalue weighted by Crippen LogP contribution is 2.42. The zero-order valence-corrected chi connectivity index (χ0v) is 13.7. The van der Waals surface area contributed by atoms with E-state index >= 15 is 0 Å². The monoisotopic (exact) mass is 329 g/mol. The number of aliphatic hydroxyl groups is 1. The highest BCUT2D eigenvalue weighted by atomic mass is 35.5. The van der Waals surface area contributed by atoms with Gasteiger partial charge >= 0.3 is 0 Å². The summed E-state index contributed by atoms with van der Waals surface area (Å²) in [7, 11) is 1.79. The Kier molecular flexibility index (Phi) is 4.21. The molecule has 3 rings (SSSR count). The molecule has 2 unspecified atom stereocenters. The maximum Gasteiger partial charge on any atom is 0.149 e. The van der Waals surface area contributed by atoms with E-state index in [1.54, 1.807) is 13.1 Å². The molecule has 21 heavy (non-hydrogen) atoms. The van der Waals surface area contributed by atoms with Gasteiger partial charge in [0.05, 0.1) is 15.6 Å². The molecule has 116 valence electrons. The average Bonchev–Trinajstić information content (AvgIpc) is 2.47. The molecule has 1 aliphatic carbocycles. The Bertz CT molecular complexity index is 540. The Hall–Kier alpha value is -0.710. The first-order valence-corrected chi connectivity index (χ1v) is 8.30. The molecule has 2 aliphatic rings. The lowest BCUT2D eigenvalue weighted by molar-refractivity contribution is -0.0613. The van der Waals surface area contributed by atoms with E-state index in [1.807, 2.05) is 0 Å². The summed E-state index contributed by atoms with van der Waals surface area (Å²) < 4.78 is 0. The van der Waals surface area contributed by atoms with E-state index in [-0.39, 0.29) is 0 Å². The van der Waals surface area contributed by atoms with Gasteiger partial charge in [0, 0.05) is 26.1 Å². The second-order valence-electron chi connectivity index (χ2n) is 6.12. The Balaban J connectivity index is 1.85. The molecule has 0 amide bonds. The predicted octanol–water partition coefficient (Wildman–Crippen LogP) is 3.56. The van der Waals surface area contributed by atoms with E-state index < -0.39 is 5.60 Å². The van der Waals surface area contributed by atoms with Gasteiger partial charge in [-0.3, -0.25) is 0 Å². The number of nitrogens with one attached hydrogen (secondary N) is 1. The third-order valence-electron chi connectivity index (χ3n) is 4.87. The third kappa shape index (κ3) is 2.81. The van der Waals surface area contributed by atoms with Crippen molar-refractivity contribution in [3.05, 3.63) is 16.1 Å². The standard InChI is InChI=1S/C15H21Cl2N3O/c1-18-13-11(16)8-12(17)14(19-13)20-7-6-15(21)5-3-2-4-10(15)9-20/h8,10,21H,2-7,9H2,1H3,(H,18,19). The van der Waals surface area contributed by atoms with E-state index in [2.05, 4.69) is 15.2 Å². The number of rotatable bonds is 2. The molecule has 1 aliphatic heterocycles. The molecule has 0 spiro atoms. The molecule has 0 radical (unpaired) electrons. The Morgan fingerprint density at radius 3 is 2.90 bits per heavy atom. The second kappa shape index (κ2) is 5.82. The lowest BCUT2D eigenvalue weighted by Crippen LogP contribution is -2.53. The van der Waals surface area contributed by atoms with Crippen molar-refractivity contribution in [2.45, 2.75) is 37.7 Å². The Labute approximate surface area is 135 Å². The average molecular weight is 330 g/mol. The number of hydrogen-bond acceptors (Lipinski definition) is 4. The quantitative estimate of drug-likeness (QED) is 0.870. The van der Waals surface area contributed by atoms with Crippen LogP contribution < -0.4 is 10.2 Å². The number of piperidine rings is 1. The fourth-order valence-corrected chi connectivity index (χ4v) is 4.19. The molecule has 2 N–H and O–H groups in total. The minimum absolute atomic E-state index is 0.312. The van der Waals surface area contributed by atoms with Crippen molar-refractivity contribution in [3.63, 3.8) is 0 Å².